The first-order valence-corrected chi connectivity index (χ1v) is 16.3. The first kappa shape index (κ1) is 34.1. The van der Waals surface area contributed by atoms with E-state index in [4.69, 9.17) is 9.47 Å². The van der Waals surface area contributed by atoms with E-state index in [-0.39, 0.29) is 23.0 Å². The number of carbonyl (C=O) groups excluding carboxylic acids is 1. The summed E-state index contributed by atoms with van der Waals surface area (Å²) in [4.78, 5) is 34.1. The van der Waals surface area contributed by atoms with Crippen LogP contribution in [0.1, 0.15) is 51.4 Å². The van der Waals surface area contributed by atoms with E-state index in [1.54, 1.807) is 45.0 Å². The van der Waals surface area contributed by atoms with Gasteiger partial charge in [0.2, 0.25) is 0 Å². The molecule has 242 valence electrons. The minimum Gasteiger partial charge on any atom is -0.494 e. The number of benzene rings is 2. The van der Waals surface area contributed by atoms with Crippen LogP contribution in [-0.2, 0) is 26.0 Å². The fourth-order valence-corrected chi connectivity index (χ4v) is 5.65. The second-order valence-electron chi connectivity index (χ2n) is 11.5. The topological polar surface area (TPSA) is 148 Å². The van der Waals surface area contributed by atoms with Gasteiger partial charge < -0.3 is 14.6 Å². The summed E-state index contributed by atoms with van der Waals surface area (Å²) < 4.78 is 40.7. The van der Waals surface area contributed by atoms with Crippen LogP contribution in [0.2, 0.25) is 0 Å². The van der Waals surface area contributed by atoms with Crippen molar-refractivity contribution in [2.75, 3.05) is 18.1 Å². The number of nitrogens with one attached hydrogen (secondary N) is 1. The van der Waals surface area contributed by atoms with Gasteiger partial charge in [0.1, 0.15) is 23.7 Å². The molecule has 2 N–H and O–H groups in total. The van der Waals surface area contributed by atoms with Gasteiger partial charge in [-0.25, -0.2) is 27.9 Å². The predicted molar refractivity (Wildman–Crippen MR) is 174 cm³/mol. The van der Waals surface area contributed by atoms with Gasteiger partial charge in [-0.1, -0.05) is 55.5 Å². The molecule has 1 unspecified atom stereocenters. The van der Waals surface area contributed by atoms with E-state index in [9.17, 15) is 23.1 Å². The van der Waals surface area contributed by atoms with Gasteiger partial charge in [-0.3, -0.25) is 9.69 Å². The van der Waals surface area contributed by atoms with Crippen LogP contribution < -0.4 is 14.4 Å². The number of ether oxygens (including phenoxy) is 2. The SMILES string of the molecule is CCCOc1cccc(-c2ccc(CC(NS(=O)(=O)c3ccccn3)c3cccc(N(CC(=O)O)C(=O)OC(C)(C)C)n3)cc2)c1. The van der Waals surface area contributed by atoms with Crippen LogP contribution >= 0.6 is 0 Å². The molecule has 1 atom stereocenters. The minimum atomic E-state index is -4.10. The number of sulfonamides is 1. The van der Waals surface area contributed by atoms with E-state index in [0.29, 0.717) is 6.61 Å². The Kier molecular flexibility index (Phi) is 11.1. The summed E-state index contributed by atoms with van der Waals surface area (Å²) in [6.45, 7) is 6.96. The number of anilines is 1. The quantitative estimate of drug-likeness (QED) is 0.178. The maximum atomic E-state index is 13.4. The molecule has 0 spiro atoms. The van der Waals surface area contributed by atoms with E-state index in [0.717, 1.165) is 33.8 Å². The molecular formula is C34H38N4O7S. The number of rotatable bonds is 13. The predicted octanol–water partition coefficient (Wildman–Crippen LogP) is 6.02. The summed E-state index contributed by atoms with van der Waals surface area (Å²) in [6.07, 6.45) is 1.58. The van der Waals surface area contributed by atoms with Crippen molar-refractivity contribution >= 4 is 27.9 Å². The van der Waals surface area contributed by atoms with Crippen molar-refractivity contribution in [3.63, 3.8) is 0 Å². The Hall–Kier alpha value is -4.81. The lowest BCUT2D eigenvalue weighted by atomic mass is 9.99. The zero-order valence-electron chi connectivity index (χ0n) is 26.2. The van der Waals surface area contributed by atoms with E-state index >= 15 is 0 Å². The van der Waals surface area contributed by atoms with Gasteiger partial charge in [-0.15, -0.1) is 0 Å². The molecule has 0 radical (unpaired) electrons. The highest BCUT2D eigenvalue weighted by atomic mass is 32.2. The van der Waals surface area contributed by atoms with Crippen LogP contribution in [-0.4, -0.2) is 54.3 Å². The molecule has 4 rings (SSSR count). The zero-order chi connectivity index (χ0) is 33.3. The van der Waals surface area contributed by atoms with Gasteiger partial charge in [-0.05, 0) is 86.7 Å². The molecule has 11 nitrogen and oxygen atoms in total. The van der Waals surface area contributed by atoms with Crippen LogP contribution in [0.4, 0.5) is 10.6 Å². The van der Waals surface area contributed by atoms with Crippen LogP contribution in [0.25, 0.3) is 11.1 Å². The molecule has 0 saturated carbocycles. The highest BCUT2D eigenvalue weighted by Gasteiger charge is 2.28. The van der Waals surface area contributed by atoms with Gasteiger partial charge in [-0.2, -0.15) is 0 Å². The third kappa shape index (κ3) is 9.59. The van der Waals surface area contributed by atoms with Gasteiger partial charge in [0, 0.05) is 6.20 Å². The number of carbonyl (C=O) groups is 2. The second-order valence-corrected chi connectivity index (χ2v) is 13.2. The van der Waals surface area contributed by atoms with Crippen molar-refractivity contribution < 1.29 is 32.6 Å². The number of hydrogen-bond acceptors (Lipinski definition) is 8. The van der Waals surface area contributed by atoms with E-state index in [1.807, 2.05) is 55.5 Å². The van der Waals surface area contributed by atoms with Crippen molar-refractivity contribution in [1.82, 2.24) is 14.7 Å². The van der Waals surface area contributed by atoms with E-state index in [2.05, 4.69) is 14.7 Å². The summed E-state index contributed by atoms with van der Waals surface area (Å²) in [7, 11) is -4.10. The minimum absolute atomic E-state index is 0.00305. The fourth-order valence-electron chi connectivity index (χ4n) is 4.49. The Morgan fingerprint density at radius 1 is 0.957 bits per heavy atom. The Morgan fingerprint density at radius 2 is 1.70 bits per heavy atom. The smallest absolute Gasteiger partial charge is 0.416 e. The molecule has 2 heterocycles. The number of aliphatic carboxylic acids is 1. The van der Waals surface area contributed by atoms with Crippen molar-refractivity contribution in [2.45, 2.75) is 57.2 Å². The fraction of sp³-hybridized carbons (Fsp3) is 0.294. The van der Waals surface area contributed by atoms with Gasteiger partial charge in [0.05, 0.1) is 18.3 Å². The average Bonchev–Trinajstić information content (AvgIpc) is 3.02. The third-order valence-corrected chi connectivity index (χ3v) is 7.93. The number of carboxylic acids is 1. The average molecular weight is 647 g/mol. The Bertz CT molecular complexity index is 1740. The maximum absolute atomic E-state index is 13.4. The third-order valence-electron chi connectivity index (χ3n) is 6.54. The van der Waals surface area contributed by atoms with Gasteiger partial charge >= 0.3 is 12.1 Å². The molecule has 0 aliphatic rings. The van der Waals surface area contributed by atoms with Gasteiger partial charge in [0.25, 0.3) is 10.0 Å². The normalized spacial score (nSPS) is 12.3. The standard InChI is InChI=1S/C34H38N4O7S/c1-5-20-44-27-11-8-10-26(22-27)25-17-15-24(16-18-25)21-29(37-46(42,43)31-14-6-7-19-35-31)28-12-9-13-30(36-28)38(23-32(39)40)33(41)45-34(2,3)4/h6-19,22,29,37H,5,20-21,23H2,1-4H3,(H,39,40). The number of pyridine rings is 2. The first-order valence-electron chi connectivity index (χ1n) is 14.8. The summed E-state index contributed by atoms with van der Waals surface area (Å²) in [5.41, 5.74) is 2.11. The molecule has 4 aromatic rings. The molecule has 2 aromatic carbocycles. The number of aromatic nitrogens is 2. The van der Waals surface area contributed by atoms with Gasteiger partial charge in [0.15, 0.2) is 5.03 Å². The summed E-state index contributed by atoms with van der Waals surface area (Å²) in [5.74, 6) is -0.494. The summed E-state index contributed by atoms with van der Waals surface area (Å²) in [6, 6.07) is 23.8. The van der Waals surface area contributed by atoms with Crippen LogP contribution in [0.3, 0.4) is 0 Å². The Labute approximate surface area is 269 Å². The first-order chi connectivity index (χ1) is 21.8. The summed E-state index contributed by atoms with van der Waals surface area (Å²) in [5, 5.41) is 9.35. The highest BCUT2D eigenvalue weighted by Crippen LogP contribution is 2.27. The second kappa shape index (κ2) is 15.0. The molecule has 0 saturated heterocycles. The highest BCUT2D eigenvalue weighted by molar-refractivity contribution is 7.89. The van der Waals surface area contributed by atoms with Crippen LogP contribution in [0, 0.1) is 0 Å². The lowest BCUT2D eigenvalue weighted by Gasteiger charge is -2.26. The zero-order valence-corrected chi connectivity index (χ0v) is 27.0. The Morgan fingerprint density at radius 3 is 2.35 bits per heavy atom. The molecule has 12 heteroatoms. The maximum Gasteiger partial charge on any atom is 0.416 e. The van der Waals surface area contributed by atoms with Crippen molar-refractivity contribution in [2.24, 2.45) is 0 Å². The number of hydrogen-bond donors (Lipinski definition) is 2. The molecule has 2 aromatic heterocycles. The molecule has 46 heavy (non-hydrogen) atoms. The number of amides is 1. The molecular weight excluding hydrogens is 608 g/mol. The number of nitrogens with zero attached hydrogens (tertiary/aromatic N) is 3. The van der Waals surface area contributed by atoms with Crippen LogP contribution in [0.15, 0.2) is 96.2 Å². The largest absolute Gasteiger partial charge is 0.494 e. The van der Waals surface area contributed by atoms with Crippen molar-refractivity contribution in [3.05, 3.63) is 102 Å². The monoisotopic (exact) mass is 646 g/mol. The molecule has 0 bridgehead atoms. The molecule has 1 amide bonds. The van der Waals surface area contributed by atoms with Crippen molar-refractivity contribution in [3.8, 4) is 16.9 Å². The molecule has 0 aliphatic carbocycles. The summed E-state index contributed by atoms with van der Waals surface area (Å²) >= 11 is 0. The molecule has 0 aliphatic heterocycles. The van der Waals surface area contributed by atoms with E-state index < -0.39 is 40.3 Å². The van der Waals surface area contributed by atoms with Crippen molar-refractivity contribution in [1.29, 1.82) is 0 Å². The lowest BCUT2D eigenvalue weighted by molar-refractivity contribution is -0.135. The van der Waals surface area contributed by atoms with Crippen LogP contribution in [0.5, 0.6) is 5.75 Å². The van der Waals surface area contributed by atoms with E-state index in [1.165, 1.54) is 18.3 Å². The molecule has 0 fully saturated rings. The Balaban J connectivity index is 1.68. The lowest BCUT2D eigenvalue weighted by Crippen LogP contribution is -2.40. The number of carboxylic acid groups (broad SMARTS) is 1.